The number of phenolic OH excluding ortho intramolecular Hbond substituents is 12. The number of hydrogen-bond acceptors (Lipinski definition) is 45. The summed E-state index contributed by atoms with van der Waals surface area (Å²) < 4.78 is 96.9. The summed E-state index contributed by atoms with van der Waals surface area (Å²) in [6.45, 7) is 13.0. The smallest absolute Gasteiger partial charge is 0.303 e. The van der Waals surface area contributed by atoms with Crippen molar-refractivity contribution < 1.29 is 200 Å². The third-order valence-electron chi connectivity index (χ3n) is 23.5. The van der Waals surface area contributed by atoms with Crippen LogP contribution in [0.2, 0.25) is 0 Å². The standard InChI is InChI=1S/C29H30O13.2C25H26O11.C23H24O10/c1-5-6-20-25(37-13(2)30)27(38-14(3)31)28(39-15(4)32)29(41-20)42-26-23(36)22-19(35)11-18(34)12-21(22)40-24(26)16-7-9-17(33)10-8-16;1-3-4-16-23(33-11(2)26)20(31)21(32)25(35-16)36-24-19(30)18-15(29)9-14(28)10-17(18)34-22(24)12-5-7-13(27)8-6-12;1-3-4-16-19(30)21(32)24(33-11(2)26)25(35-16)36-23-20(31)18-15(29)9-14(28)10-17(18)34-22(23)12-5-7-13(27)8-6-12;1-2-3-14-17(27)19(29)20(30)23(32-14)33-22-18(28)16-13(26)8-12(25)9-15(16)31-21(22)10-4-6-11(24)7-5-10/h7-12,20,25,27-29,33-35H,5-6H2,1-4H3;5-10,16,20-21,23,25,27-29,31-32H,3-4H2,1-2H3;5-10,16,19,21,24-25,27-30,32H,3-4H2,1-2H3;4-9,14,17,19-20,23-27,29-30H,2-3H2,1H3/t20-,25-,27+,28+,29-;16-,20-,21+,23-,25-;16-,19-,21+,24+,25-;14-,17-,19+,20+,23-/m0000/s1. The van der Waals surface area contributed by atoms with Crippen molar-refractivity contribution in [1.82, 2.24) is 0 Å². The number of aromatic hydroxyl groups is 12. The molecule has 4 aliphatic rings. The predicted octanol–water partition coefficient (Wildman–Crippen LogP) is 9.11. The van der Waals surface area contributed by atoms with Gasteiger partial charge >= 0.3 is 29.8 Å². The number of phenols is 12. The van der Waals surface area contributed by atoms with Gasteiger partial charge in [0.25, 0.3) is 0 Å². The highest BCUT2D eigenvalue weighted by atomic mass is 16.8. The van der Waals surface area contributed by atoms with Gasteiger partial charge in [-0.1, -0.05) is 53.4 Å². The van der Waals surface area contributed by atoms with Crippen LogP contribution in [0.1, 0.15) is 114 Å². The molecule has 4 fully saturated rings. The van der Waals surface area contributed by atoms with Crippen molar-refractivity contribution in [2.75, 3.05) is 0 Å². The van der Waals surface area contributed by atoms with Crippen LogP contribution in [0, 0.1) is 0 Å². The number of esters is 5. The molecule has 0 radical (unpaired) electrons. The molecule has 4 aliphatic heterocycles. The molecule has 0 amide bonds. The molecule has 0 unspecified atom stereocenters. The van der Waals surface area contributed by atoms with E-state index in [0.717, 1.165) is 76.2 Å². The first-order valence-corrected chi connectivity index (χ1v) is 46.0. The second-order valence-electron chi connectivity index (χ2n) is 34.5. The summed E-state index contributed by atoms with van der Waals surface area (Å²) in [6, 6.07) is 30.7. The SMILES string of the molecule is CCC[C@@H]1O[C@@H](Oc2c(-c3ccc(O)cc3)oc3cc(O)cc(O)c3c2=O)[C@H](O)[C@H](O)[C@H]1O.CCC[C@@H]1O[C@@H](Oc2c(-c3ccc(O)cc3)oc3cc(O)cc(O)c3c2=O)[C@H](O)[C@H](O)[C@H]1OC(C)=O.CCC[C@@H]1O[C@@H](Oc2c(-c3ccc(O)cc3)oc3cc(O)cc(O)c3c2=O)[C@H](OC(C)=O)[C@H](O)[C@H]1O.CCC[C@@H]1O[C@@H](Oc2c(-c3ccc(O)cc3)oc3cc(O)cc(O)c3c2=O)[C@H](OC(C)=O)[C@H](OC(C)=O)[C@H]1OC(C)=O. The summed E-state index contributed by atoms with van der Waals surface area (Å²) in [5.74, 6) is -10.0. The fourth-order valence-electron chi connectivity index (χ4n) is 16.9. The minimum Gasteiger partial charge on any atom is -0.508 e. The molecule has 4 saturated heterocycles. The van der Waals surface area contributed by atoms with Crippen molar-refractivity contribution in [3.63, 3.8) is 0 Å². The van der Waals surface area contributed by atoms with Gasteiger partial charge in [0.1, 0.15) is 168 Å². The van der Waals surface area contributed by atoms with E-state index >= 15 is 0 Å². The molecule has 8 aromatic carbocycles. The average Bonchev–Trinajstić information content (AvgIpc) is 0.755. The first-order valence-electron chi connectivity index (χ1n) is 46.0. The Morgan fingerprint density at radius 2 is 0.476 bits per heavy atom. The van der Waals surface area contributed by atoms with Gasteiger partial charge in [-0.25, -0.2) is 0 Å². The first kappa shape index (κ1) is 109. The van der Waals surface area contributed by atoms with E-state index in [1.54, 1.807) is 0 Å². The Labute approximate surface area is 830 Å². The summed E-state index contributed by atoms with van der Waals surface area (Å²) >= 11 is 0. The lowest BCUT2D eigenvalue weighted by atomic mass is 9.95. The molecule has 20 atom stereocenters. The average molecular weight is 2050 g/mol. The first-order chi connectivity index (χ1) is 69.8. The van der Waals surface area contributed by atoms with Crippen LogP contribution in [0.5, 0.6) is 92.0 Å². The summed E-state index contributed by atoms with van der Waals surface area (Å²) in [6.07, 6.45) is -23.7. The van der Waals surface area contributed by atoms with E-state index in [1.165, 1.54) is 104 Å². The molecule has 45 nitrogen and oxygen atoms in total. The van der Waals surface area contributed by atoms with E-state index in [1.807, 2.05) is 27.7 Å². The zero-order chi connectivity index (χ0) is 107. The Bertz CT molecular complexity index is 7040. The fourth-order valence-corrected chi connectivity index (χ4v) is 16.9. The topological polar surface area (TPSA) is 711 Å². The van der Waals surface area contributed by atoms with E-state index in [9.17, 15) is 140 Å². The normalized spacial score (nSPS) is 23.6. The lowest BCUT2D eigenvalue weighted by molar-refractivity contribution is -0.284. The number of rotatable bonds is 25. The molecule has 0 spiro atoms. The number of aliphatic hydroxyl groups excluding tert-OH is 7. The molecule has 8 heterocycles. The minimum atomic E-state index is -1.72. The van der Waals surface area contributed by atoms with Crippen LogP contribution in [-0.4, -0.2) is 250 Å². The lowest BCUT2D eigenvalue weighted by Gasteiger charge is -2.44. The third-order valence-corrected chi connectivity index (χ3v) is 23.5. The monoisotopic (exact) mass is 2050 g/mol. The van der Waals surface area contributed by atoms with Crippen molar-refractivity contribution in [3.8, 4) is 137 Å². The second kappa shape index (κ2) is 46.6. The Kier molecular flexibility index (Phi) is 34.4. The highest BCUT2D eigenvalue weighted by Gasteiger charge is 2.55. The van der Waals surface area contributed by atoms with Gasteiger partial charge in [-0.15, -0.1) is 0 Å². The van der Waals surface area contributed by atoms with Gasteiger partial charge in [0.15, 0.2) is 47.5 Å². The van der Waals surface area contributed by atoms with E-state index in [-0.39, 0.29) is 124 Å². The number of fused-ring (bicyclic) bond motifs is 4. The zero-order valence-electron chi connectivity index (χ0n) is 79.7. The molecule has 784 valence electrons. The van der Waals surface area contributed by atoms with Crippen LogP contribution in [-0.2, 0) is 66.6 Å². The molecule has 45 heteroatoms. The van der Waals surface area contributed by atoms with Gasteiger partial charge in [0.2, 0.25) is 76.0 Å². The summed E-state index contributed by atoms with van der Waals surface area (Å²) in [4.78, 5) is 114. The molecule has 12 aromatic rings. The third kappa shape index (κ3) is 24.4. The number of carbonyl (C=O) groups excluding carboxylic acids is 5. The largest absolute Gasteiger partial charge is 0.508 e. The summed E-state index contributed by atoms with van der Waals surface area (Å²) in [7, 11) is 0. The van der Waals surface area contributed by atoms with Gasteiger partial charge in [-0.05, 0) is 123 Å². The van der Waals surface area contributed by atoms with E-state index in [4.69, 9.17) is 79.2 Å². The zero-order valence-corrected chi connectivity index (χ0v) is 79.7. The number of benzene rings is 8. The Morgan fingerprint density at radius 1 is 0.252 bits per heavy atom. The van der Waals surface area contributed by atoms with Crippen LogP contribution in [0.3, 0.4) is 0 Å². The number of carbonyl (C=O) groups is 5. The number of hydrogen-bond donors (Lipinski definition) is 19. The van der Waals surface area contributed by atoms with Crippen LogP contribution in [0.15, 0.2) is 182 Å². The Balaban J connectivity index is 0.000000164. The van der Waals surface area contributed by atoms with Crippen LogP contribution < -0.4 is 40.7 Å². The maximum Gasteiger partial charge on any atom is 0.303 e. The van der Waals surface area contributed by atoms with Crippen molar-refractivity contribution >= 4 is 73.7 Å². The van der Waals surface area contributed by atoms with Crippen molar-refractivity contribution in [2.45, 2.75) is 237 Å². The van der Waals surface area contributed by atoms with Gasteiger partial charge < -0.3 is 176 Å². The van der Waals surface area contributed by atoms with E-state index in [0.29, 0.717) is 62.5 Å². The lowest BCUT2D eigenvalue weighted by Crippen LogP contribution is -2.62. The molecular weight excluding hydrogens is 1950 g/mol. The molecule has 0 saturated carbocycles. The molecule has 19 N–H and O–H groups in total. The van der Waals surface area contributed by atoms with Gasteiger partial charge in [0, 0.05) is 105 Å². The predicted molar refractivity (Wildman–Crippen MR) is 508 cm³/mol. The molecule has 4 aromatic heterocycles. The van der Waals surface area contributed by atoms with Crippen molar-refractivity contribution in [1.29, 1.82) is 0 Å². The van der Waals surface area contributed by atoms with Crippen LogP contribution in [0.4, 0.5) is 0 Å². The maximum absolute atomic E-state index is 13.8. The highest BCUT2D eigenvalue weighted by molar-refractivity contribution is 5.92. The summed E-state index contributed by atoms with van der Waals surface area (Å²) in [5.41, 5.74) is -2.82. The number of ether oxygens (including phenoxy) is 13. The van der Waals surface area contributed by atoms with Crippen LogP contribution >= 0.6 is 0 Å². The molecule has 16 rings (SSSR count). The second-order valence-corrected chi connectivity index (χ2v) is 34.5. The van der Waals surface area contributed by atoms with E-state index < -0.39 is 220 Å². The van der Waals surface area contributed by atoms with E-state index in [2.05, 4.69) is 0 Å². The van der Waals surface area contributed by atoms with Gasteiger partial charge in [-0.2, -0.15) is 0 Å². The van der Waals surface area contributed by atoms with Gasteiger partial charge in [-0.3, -0.25) is 43.2 Å². The molecular formula is C102H106O45. The fraction of sp³-hybridized carbons (Fsp3) is 0.363. The minimum absolute atomic E-state index is 0.0369. The Hall–Kier alpha value is -15.7. The molecule has 147 heavy (non-hydrogen) atoms. The summed E-state index contributed by atoms with van der Waals surface area (Å²) in [5, 5.41) is 192. The maximum atomic E-state index is 13.8. The van der Waals surface area contributed by atoms with Crippen LogP contribution in [0.25, 0.3) is 89.2 Å². The Morgan fingerprint density at radius 3 is 0.782 bits per heavy atom. The van der Waals surface area contributed by atoms with Gasteiger partial charge in [0.05, 0.1) is 12.2 Å². The van der Waals surface area contributed by atoms with Crippen molar-refractivity contribution in [2.24, 2.45) is 0 Å². The number of aliphatic hydroxyl groups is 7. The quantitative estimate of drug-likeness (QED) is 0.0187. The highest BCUT2D eigenvalue weighted by Crippen LogP contribution is 2.46. The van der Waals surface area contributed by atoms with Crippen molar-refractivity contribution in [3.05, 3.63) is 186 Å². The molecule has 0 bridgehead atoms. The molecule has 0 aliphatic carbocycles.